The molecule has 1 aromatic carbocycles. The van der Waals surface area contributed by atoms with Gasteiger partial charge in [0, 0.05) is 30.1 Å². The average Bonchev–Trinajstić information content (AvgIpc) is 2.91. The van der Waals surface area contributed by atoms with Crippen LogP contribution in [0.2, 0.25) is 0 Å². The summed E-state index contributed by atoms with van der Waals surface area (Å²) in [5.74, 6) is -2.76. The molecule has 0 radical (unpaired) electrons. The van der Waals surface area contributed by atoms with E-state index in [2.05, 4.69) is 10.6 Å². The van der Waals surface area contributed by atoms with Gasteiger partial charge in [-0.05, 0) is 31.0 Å². The molecule has 1 saturated heterocycles. The Labute approximate surface area is 154 Å². The zero-order valence-corrected chi connectivity index (χ0v) is 14.7. The predicted molar refractivity (Wildman–Crippen MR) is 91.7 cm³/mol. The van der Waals surface area contributed by atoms with Gasteiger partial charge < -0.3 is 15.3 Å². The average molecular weight is 373 g/mol. The molecule has 0 aliphatic carbocycles. The van der Waals surface area contributed by atoms with Crippen molar-refractivity contribution in [2.75, 3.05) is 0 Å². The highest BCUT2D eigenvalue weighted by atomic mass is 16.4. The first kappa shape index (κ1) is 18.6. The monoisotopic (exact) mass is 373 g/mol. The largest absolute Gasteiger partial charge is 0.481 e. The number of rotatable bonds is 5. The van der Waals surface area contributed by atoms with Gasteiger partial charge in [-0.3, -0.25) is 29.3 Å². The number of hydrogen-bond acceptors (Lipinski definition) is 5. The molecule has 0 bridgehead atoms. The lowest BCUT2D eigenvalue weighted by Gasteiger charge is -2.29. The van der Waals surface area contributed by atoms with Crippen molar-refractivity contribution in [1.82, 2.24) is 15.5 Å². The van der Waals surface area contributed by atoms with Crippen molar-refractivity contribution >= 4 is 29.6 Å². The quantitative estimate of drug-likeness (QED) is 0.624. The number of amides is 4. The Morgan fingerprint density at radius 1 is 1.33 bits per heavy atom. The highest BCUT2D eigenvalue weighted by Gasteiger charge is 2.40. The number of benzene rings is 1. The van der Waals surface area contributed by atoms with Crippen LogP contribution in [0.4, 0.5) is 0 Å². The van der Waals surface area contributed by atoms with Crippen molar-refractivity contribution in [2.45, 2.75) is 44.8 Å². The molecule has 3 N–H and O–H groups in total. The van der Waals surface area contributed by atoms with E-state index in [1.807, 2.05) is 0 Å². The van der Waals surface area contributed by atoms with Crippen molar-refractivity contribution in [3.05, 3.63) is 34.9 Å². The van der Waals surface area contributed by atoms with E-state index in [-0.39, 0.29) is 43.2 Å². The van der Waals surface area contributed by atoms with Gasteiger partial charge in [-0.25, -0.2) is 0 Å². The predicted octanol–water partition coefficient (Wildman–Crippen LogP) is 0.0406. The molecule has 1 fully saturated rings. The maximum absolute atomic E-state index is 12.7. The Morgan fingerprint density at radius 2 is 2.07 bits per heavy atom. The van der Waals surface area contributed by atoms with Gasteiger partial charge in [-0.2, -0.15) is 0 Å². The van der Waals surface area contributed by atoms with Gasteiger partial charge in [0.1, 0.15) is 6.04 Å². The van der Waals surface area contributed by atoms with E-state index in [4.69, 9.17) is 5.11 Å². The third kappa shape index (κ3) is 3.67. The molecular formula is C18H19N3O6. The van der Waals surface area contributed by atoms with E-state index in [1.165, 1.54) is 4.90 Å². The molecule has 142 valence electrons. The summed E-state index contributed by atoms with van der Waals surface area (Å²) in [5.41, 5.74) is 1.10. The molecule has 9 nitrogen and oxygen atoms in total. The van der Waals surface area contributed by atoms with Crippen LogP contribution in [0.25, 0.3) is 0 Å². The van der Waals surface area contributed by atoms with E-state index in [1.54, 1.807) is 25.1 Å². The zero-order chi connectivity index (χ0) is 19.7. The number of aliphatic carboxylic acids is 1. The molecule has 9 heteroatoms. The fraction of sp³-hybridized carbons (Fsp3) is 0.389. The van der Waals surface area contributed by atoms with E-state index >= 15 is 0 Å². The highest BCUT2D eigenvalue weighted by Crippen LogP contribution is 2.29. The second-order valence-electron chi connectivity index (χ2n) is 6.70. The Kier molecular flexibility index (Phi) is 4.93. The molecule has 3 rings (SSSR count). The summed E-state index contributed by atoms with van der Waals surface area (Å²) in [6.45, 7) is 1.66. The summed E-state index contributed by atoms with van der Waals surface area (Å²) in [6, 6.07) is 3.38. The Balaban J connectivity index is 1.81. The van der Waals surface area contributed by atoms with E-state index in [0.717, 1.165) is 0 Å². The summed E-state index contributed by atoms with van der Waals surface area (Å²) < 4.78 is 0. The summed E-state index contributed by atoms with van der Waals surface area (Å²) in [7, 11) is 0. The Morgan fingerprint density at radius 3 is 2.74 bits per heavy atom. The number of carbonyl (C=O) groups excluding carboxylic acids is 4. The van der Waals surface area contributed by atoms with Crippen LogP contribution in [0.15, 0.2) is 18.2 Å². The van der Waals surface area contributed by atoms with Crippen LogP contribution >= 0.6 is 0 Å². The minimum atomic E-state index is -1.03. The molecule has 0 saturated carbocycles. The molecule has 2 heterocycles. The fourth-order valence-corrected chi connectivity index (χ4v) is 3.41. The molecule has 0 aromatic heterocycles. The lowest BCUT2D eigenvalue weighted by Crippen LogP contribution is -2.52. The number of hydrogen-bond donors (Lipinski definition) is 3. The third-order valence-corrected chi connectivity index (χ3v) is 4.69. The second-order valence-corrected chi connectivity index (χ2v) is 6.70. The third-order valence-electron chi connectivity index (χ3n) is 4.69. The first-order chi connectivity index (χ1) is 12.8. The van der Waals surface area contributed by atoms with Crippen molar-refractivity contribution < 1.29 is 29.1 Å². The molecule has 2 aliphatic heterocycles. The normalized spacial score (nSPS) is 20.1. The summed E-state index contributed by atoms with van der Waals surface area (Å²) in [6.07, 6.45) is 0.167. The molecule has 2 atom stereocenters. The van der Waals surface area contributed by atoms with Gasteiger partial charge >= 0.3 is 5.97 Å². The van der Waals surface area contributed by atoms with Crippen molar-refractivity contribution in [2.24, 2.45) is 0 Å². The van der Waals surface area contributed by atoms with Gasteiger partial charge in [-0.1, -0.05) is 6.07 Å². The van der Waals surface area contributed by atoms with Crippen LogP contribution in [-0.4, -0.2) is 51.7 Å². The van der Waals surface area contributed by atoms with Crippen molar-refractivity contribution in [3.8, 4) is 0 Å². The maximum Gasteiger partial charge on any atom is 0.305 e. The van der Waals surface area contributed by atoms with Crippen LogP contribution in [0.1, 0.15) is 52.5 Å². The van der Waals surface area contributed by atoms with Gasteiger partial charge in [0.15, 0.2) is 0 Å². The SMILES string of the molecule is C[C@H](CC(=O)O)NC(=O)c1cccc2c1CN(C1CCC(=O)NC1=O)C2=O. The molecule has 0 spiro atoms. The number of nitrogens with zero attached hydrogens (tertiary/aromatic N) is 1. The summed E-state index contributed by atoms with van der Waals surface area (Å²) >= 11 is 0. The highest BCUT2D eigenvalue weighted by molar-refractivity contribution is 6.07. The second kappa shape index (κ2) is 7.18. The zero-order valence-electron chi connectivity index (χ0n) is 14.7. The van der Waals surface area contributed by atoms with Gasteiger partial charge in [0.2, 0.25) is 11.8 Å². The minimum absolute atomic E-state index is 0.0807. The van der Waals surface area contributed by atoms with Crippen LogP contribution in [0, 0.1) is 0 Å². The molecule has 1 unspecified atom stereocenters. The molecule has 1 aromatic rings. The lowest BCUT2D eigenvalue weighted by atomic mass is 10.0. The molecule has 27 heavy (non-hydrogen) atoms. The topological polar surface area (TPSA) is 133 Å². The number of carboxylic acid groups (broad SMARTS) is 1. The van der Waals surface area contributed by atoms with Crippen LogP contribution in [0.5, 0.6) is 0 Å². The molecular weight excluding hydrogens is 354 g/mol. The first-order valence-electron chi connectivity index (χ1n) is 8.57. The number of carbonyl (C=O) groups is 5. The van der Waals surface area contributed by atoms with Crippen LogP contribution in [0.3, 0.4) is 0 Å². The molecule has 2 aliphatic rings. The Hall–Kier alpha value is -3.23. The minimum Gasteiger partial charge on any atom is -0.481 e. The van der Waals surface area contributed by atoms with Gasteiger partial charge in [-0.15, -0.1) is 0 Å². The van der Waals surface area contributed by atoms with E-state index in [0.29, 0.717) is 11.1 Å². The first-order valence-corrected chi connectivity index (χ1v) is 8.57. The standard InChI is InChI=1S/C18H19N3O6/c1-9(7-15(23)24)19-16(25)10-3-2-4-11-12(10)8-21(18(11)27)13-5-6-14(22)20-17(13)26/h2-4,9,13H,5-8H2,1H3,(H,19,25)(H,23,24)(H,20,22,26)/t9-,13?/m1/s1. The van der Waals surface area contributed by atoms with Crippen LogP contribution in [-0.2, 0) is 20.9 Å². The summed E-state index contributed by atoms with van der Waals surface area (Å²) in [4.78, 5) is 60.8. The Bertz CT molecular complexity index is 849. The van der Waals surface area contributed by atoms with E-state index < -0.39 is 29.9 Å². The maximum atomic E-state index is 12.7. The van der Waals surface area contributed by atoms with Crippen LogP contribution < -0.4 is 10.6 Å². The lowest BCUT2D eigenvalue weighted by molar-refractivity contribution is -0.138. The number of piperidine rings is 1. The molecule has 4 amide bonds. The van der Waals surface area contributed by atoms with Crippen molar-refractivity contribution in [3.63, 3.8) is 0 Å². The number of fused-ring (bicyclic) bond motifs is 1. The van der Waals surface area contributed by atoms with E-state index in [9.17, 15) is 24.0 Å². The summed E-state index contributed by atoms with van der Waals surface area (Å²) in [5, 5.41) is 13.7. The smallest absolute Gasteiger partial charge is 0.305 e. The fourth-order valence-electron chi connectivity index (χ4n) is 3.41. The van der Waals surface area contributed by atoms with Gasteiger partial charge in [0.05, 0.1) is 6.42 Å². The number of imide groups is 1. The number of carboxylic acids is 1. The number of nitrogens with one attached hydrogen (secondary N) is 2. The van der Waals surface area contributed by atoms with Gasteiger partial charge in [0.25, 0.3) is 11.8 Å². The van der Waals surface area contributed by atoms with Crippen molar-refractivity contribution in [1.29, 1.82) is 0 Å².